The van der Waals surface area contributed by atoms with Crippen LogP contribution in [0.5, 0.6) is 0 Å². The second-order valence-electron chi connectivity index (χ2n) is 6.69. The van der Waals surface area contributed by atoms with Crippen LogP contribution in [0.4, 0.5) is 0 Å². The zero-order chi connectivity index (χ0) is 18.6. The van der Waals surface area contributed by atoms with Gasteiger partial charge in [-0.15, -0.1) is 0 Å². The molecule has 0 aromatic heterocycles. The highest BCUT2D eigenvalue weighted by Crippen LogP contribution is 2.10. The smallest absolute Gasteiger partial charge is 0.219 e. The number of nitrogens with one attached hydrogen (secondary N) is 2. The van der Waals surface area contributed by atoms with Crippen molar-refractivity contribution in [2.75, 3.05) is 26.2 Å². The first-order valence-electron chi connectivity index (χ1n) is 10.2. The van der Waals surface area contributed by atoms with E-state index in [1.165, 1.54) is 51.4 Å². The van der Waals surface area contributed by atoms with Gasteiger partial charge in [-0.25, -0.2) is 0 Å². The van der Waals surface area contributed by atoms with Crippen molar-refractivity contribution in [1.82, 2.24) is 10.6 Å². The van der Waals surface area contributed by atoms with E-state index in [-0.39, 0.29) is 11.9 Å². The summed E-state index contributed by atoms with van der Waals surface area (Å²) in [6.45, 7) is 5.45. The highest BCUT2D eigenvalue weighted by molar-refractivity contribution is 5.76. The van der Waals surface area contributed by atoms with Gasteiger partial charge >= 0.3 is 0 Å². The van der Waals surface area contributed by atoms with Crippen molar-refractivity contribution in [2.24, 2.45) is 16.5 Å². The molecule has 0 aromatic rings. The van der Waals surface area contributed by atoms with Gasteiger partial charge in [0.1, 0.15) is 0 Å². The van der Waals surface area contributed by atoms with Crippen molar-refractivity contribution in [2.45, 2.75) is 84.0 Å². The molecule has 0 spiro atoms. The summed E-state index contributed by atoms with van der Waals surface area (Å²) in [5.74, 6) is 0.338. The Kier molecular flexibility index (Phi) is 18.0. The SMILES string of the molecule is CCCCCCCCCCCC(=O)NCCCNCCCN=C(N)N. The molecular weight excluding hydrogens is 314 g/mol. The van der Waals surface area contributed by atoms with E-state index in [0.29, 0.717) is 13.0 Å². The molecule has 0 fully saturated rings. The second-order valence-corrected chi connectivity index (χ2v) is 6.69. The number of carbonyl (C=O) groups excluding carboxylic acids is 1. The number of nitrogens with zero attached hydrogens (tertiary/aromatic N) is 1. The van der Waals surface area contributed by atoms with Gasteiger partial charge in [-0.1, -0.05) is 58.3 Å². The molecule has 25 heavy (non-hydrogen) atoms. The van der Waals surface area contributed by atoms with Crippen LogP contribution in [0.2, 0.25) is 0 Å². The molecule has 0 aliphatic carbocycles. The van der Waals surface area contributed by atoms with E-state index in [1.54, 1.807) is 0 Å². The second kappa shape index (κ2) is 19.0. The van der Waals surface area contributed by atoms with E-state index in [4.69, 9.17) is 11.5 Å². The van der Waals surface area contributed by atoms with Crippen LogP contribution in [0.25, 0.3) is 0 Å². The minimum absolute atomic E-state index is 0.148. The first kappa shape index (κ1) is 23.7. The van der Waals surface area contributed by atoms with Crippen LogP contribution in [-0.4, -0.2) is 38.0 Å². The molecule has 1 amide bonds. The number of aliphatic imine (C=N–C) groups is 1. The van der Waals surface area contributed by atoms with E-state index in [0.717, 1.165) is 38.9 Å². The van der Waals surface area contributed by atoms with Gasteiger partial charge in [0.05, 0.1) is 0 Å². The van der Waals surface area contributed by atoms with Crippen molar-refractivity contribution >= 4 is 11.9 Å². The van der Waals surface area contributed by atoms with Gasteiger partial charge in [0.15, 0.2) is 5.96 Å². The minimum Gasteiger partial charge on any atom is -0.370 e. The van der Waals surface area contributed by atoms with Crippen molar-refractivity contribution in [3.8, 4) is 0 Å². The van der Waals surface area contributed by atoms with E-state index in [2.05, 4.69) is 22.5 Å². The number of amides is 1. The number of rotatable bonds is 18. The summed E-state index contributed by atoms with van der Waals surface area (Å²) in [6, 6.07) is 0. The third kappa shape index (κ3) is 20.7. The predicted molar refractivity (Wildman–Crippen MR) is 108 cm³/mol. The first-order valence-corrected chi connectivity index (χ1v) is 10.2. The summed E-state index contributed by atoms with van der Waals surface area (Å²) >= 11 is 0. The lowest BCUT2D eigenvalue weighted by molar-refractivity contribution is -0.121. The Morgan fingerprint density at radius 1 is 0.800 bits per heavy atom. The van der Waals surface area contributed by atoms with Crippen molar-refractivity contribution in [1.29, 1.82) is 0 Å². The first-order chi connectivity index (χ1) is 12.2. The summed E-state index contributed by atoms with van der Waals surface area (Å²) in [7, 11) is 0. The van der Waals surface area contributed by atoms with Crippen molar-refractivity contribution in [3.05, 3.63) is 0 Å². The van der Waals surface area contributed by atoms with E-state index >= 15 is 0 Å². The number of guanidine groups is 1. The molecule has 0 aliphatic heterocycles. The molecule has 148 valence electrons. The molecule has 0 unspecified atom stereocenters. The van der Waals surface area contributed by atoms with Gasteiger partial charge in [-0.2, -0.15) is 0 Å². The molecule has 0 saturated carbocycles. The summed E-state index contributed by atoms with van der Waals surface area (Å²) in [5.41, 5.74) is 10.5. The summed E-state index contributed by atoms with van der Waals surface area (Å²) in [6.07, 6.45) is 14.1. The topological polar surface area (TPSA) is 106 Å². The van der Waals surface area contributed by atoms with Crippen molar-refractivity contribution < 1.29 is 4.79 Å². The third-order valence-corrected chi connectivity index (χ3v) is 4.17. The van der Waals surface area contributed by atoms with Crippen LogP contribution in [0.1, 0.15) is 84.0 Å². The van der Waals surface area contributed by atoms with Crippen LogP contribution in [0.3, 0.4) is 0 Å². The van der Waals surface area contributed by atoms with Crippen LogP contribution in [-0.2, 0) is 4.79 Å². The molecular formula is C19H41N5O. The van der Waals surface area contributed by atoms with Crippen LogP contribution >= 0.6 is 0 Å². The van der Waals surface area contributed by atoms with Gasteiger partial charge in [0.2, 0.25) is 5.91 Å². The Hall–Kier alpha value is -1.30. The molecule has 0 rings (SSSR count). The third-order valence-electron chi connectivity index (χ3n) is 4.17. The molecule has 0 radical (unpaired) electrons. The normalized spacial score (nSPS) is 10.6. The lowest BCUT2D eigenvalue weighted by Gasteiger charge is -2.06. The molecule has 0 atom stereocenters. The van der Waals surface area contributed by atoms with E-state index < -0.39 is 0 Å². The quantitative estimate of drug-likeness (QED) is 0.172. The van der Waals surface area contributed by atoms with E-state index in [1.807, 2.05) is 0 Å². The summed E-state index contributed by atoms with van der Waals surface area (Å²) < 4.78 is 0. The van der Waals surface area contributed by atoms with Gasteiger partial charge < -0.3 is 22.1 Å². The van der Waals surface area contributed by atoms with Gasteiger partial charge in [0, 0.05) is 19.5 Å². The van der Waals surface area contributed by atoms with Gasteiger partial charge in [-0.05, 0) is 32.4 Å². The Morgan fingerprint density at radius 3 is 2.04 bits per heavy atom. The lowest BCUT2D eigenvalue weighted by atomic mass is 10.1. The van der Waals surface area contributed by atoms with Gasteiger partial charge in [0.25, 0.3) is 0 Å². The maximum Gasteiger partial charge on any atom is 0.219 e. The molecule has 0 heterocycles. The fraction of sp³-hybridized carbons (Fsp3) is 0.895. The number of hydrogen-bond acceptors (Lipinski definition) is 3. The zero-order valence-corrected chi connectivity index (χ0v) is 16.3. The zero-order valence-electron chi connectivity index (χ0n) is 16.3. The molecule has 6 heteroatoms. The van der Waals surface area contributed by atoms with Crippen LogP contribution in [0, 0.1) is 0 Å². The Bertz CT molecular complexity index is 330. The highest BCUT2D eigenvalue weighted by atomic mass is 16.1. The standard InChI is InChI=1S/C19H41N5O/c1-2-3-4-5-6-7-8-9-10-13-18(25)23-16-11-14-22-15-12-17-24-19(20)21/h22H,2-17H2,1H3,(H,23,25)(H4,20,21,24). The summed E-state index contributed by atoms with van der Waals surface area (Å²) in [5, 5.41) is 6.31. The number of hydrogen-bond donors (Lipinski definition) is 4. The number of nitrogens with two attached hydrogens (primary N) is 2. The van der Waals surface area contributed by atoms with Crippen LogP contribution in [0.15, 0.2) is 4.99 Å². The fourth-order valence-corrected chi connectivity index (χ4v) is 2.66. The lowest BCUT2D eigenvalue weighted by Crippen LogP contribution is -2.27. The fourth-order valence-electron chi connectivity index (χ4n) is 2.66. The maximum atomic E-state index is 11.7. The average molecular weight is 356 g/mol. The number of unbranched alkanes of at least 4 members (excludes halogenated alkanes) is 8. The number of carbonyl (C=O) groups is 1. The predicted octanol–water partition coefficient (Wildman–Crippen LogP) is 2.67. The van der Waals surface area contributed by atoms with Crippen molar-refractivity contribution in [3.63, 3.8) is 0 Å². The molecule has 0 aromatic carbocycles. The largest absolute Gasteiger partial charge is 0.370 e. The molecule has 6 N–H and O–H groups in total. The minimum atomic E-state index is 0.148. The molecule has 0 saturated heterocycles. The maximum absolute atomic E-state index is 11.7. The Labute approximate surface area is 154 Å². The monoisotopic (exact) mass is 355 g/mol. The van der Waals surface area contributed by atoms with E-state index in [9.17, 15) is 4.79 Å². The Morgan fingerprint density at radius 2 is 1.40 bits per heavy atom. The molecule has 6 nitrogen and oxygen atoms in total. The molecule has 0 bridgehead atoms. The molecule has 0 aliphatic rings. The van der Waals surface area contributed by atoms with Crippen LogP contribution < -0.4 is 22.1 Å². The summed E-state index contributed by atoms with van der Waals surface area (Å²) in [4.78, 5) is 15.6. The highest BCUT2D eigenvalue weighted by Gasteiger charge is 2.00. The van der Waals surface area contributed by atoms with Gasteiger partial charge in [-0.3, -0.25) is 9.79 Å². The Balaban J connectivity index is 3.19. The average Bonchev–Trinajstić information content (AvgIpc) is 2.58.